The zero-order valence-corrected chi connectivity index (χ0v) is 11.3. The second-order valence-electron chi connectivity index (χ2n) is 5.55. The van der Waals surface area contributed by atoms with Crippen LogP contribution in [0.2, 0.25) is 0 Å². The van der Waals surface area contributed by atoms with Crippen molar-refractivity contribution in [2.45, 2.75) is 58.0 Å². The van der Waals surface area contributed by atoms with E-state index in [0.717, 1.165) is 18.0 Å². The summed E-state index contributed by atoms with van der Waals surface area (Å²) in [6, 6.07) is 7.36. The van der Waals surface area contributed by atoms with Crippen molar-refractivity contribution in [3.63, 3.8) is 0 Å². The molecule has 1 atom stereocenters. The van der Waals surface area contributed by atoms with E-state index < -0.39 is 0 Å². The van der Waals surface area contributed by atoms with Crippen LogP contribution in [0.5, 0.6) is 0 Å². The van der Waals surface area contributed by atoms with Crippen LogP contribution in [-0.2, 0) is 6.54 Å². The van der Waals surface area contributed by atoms with Gasteiger partial charge in [-0.2, -0.15) is 0 Å². The fourth-order valence-electron chi connectivity index (χ4n) is 2.86. The summed E-state index contributed by atoms with van der Waals surface area (Å²) in [6.45, 7) is 3.14. The Morgan fingerprint density at radius 2 is 1.72 bits per heavy atom. The molecule has 0 radical (unpaired) electrons. The lowest BCUT2D eigenvalue weighted by molar-refractivity contribution is 0.336. The quantitative estimate of drug-likeness (QED) is 0.786. The normalized spacial score (nSPS) is 19.4. The average Bonchev–Trinajstić information content (AvgIpc) is 2.66. The molecule has 2 rings (SSSR count). The lowest BCUT2D eigenvalue weighted by Crippen LogP contribution is -2.32. The molecule has 1 nitrogen and oxygen atoms in total. The Bertz CT molecular complexity index is 339. The molecule has 1 aliphatic rings. The highest BCUT2D eigenvalue weighted by Crippen LogP contribution is 2.25. The van der Waals surface area contributed by atoms with Gasteiger partial charge < -0.3 is 5.32 Å². The largest absolute Gasteiger partial charge is 0.310 e. The van der Waals surface area contributed by atoms with E-state index in [1.165, 1.54) is 50.7 Å². The summed E-state index contributed by atoms with van der Waals surface area (Å²) in [5.41, 5.74) is 1.16. The Morgan fingerprint density at radius 3 is 2.33 bits per heavy atom. The Balaban J connectivity index is 1.79. The molecule has 2 heteroatoms. The lowest BCUT2D eigenvalue weighted by atomic mass is 9.93. The molecule has 1 aromatic carbocycles. The van der Waals surface area contributed by atoms with Crippen LogP contribution >= 0.6 is 0 Å². The zero-order valence-electron chi connectivity index (χ0n) is 11.3. The van der Waals surface area contributed by atoms with Gasteiger partial charge in [0.2, 0.25) is 0 Å². The van der Waals surface area contributed by atoms with Crippen LogP contribution in [-0.4, -0.2) is 6.04 Å². The summed E-state index contributed by atoms with van der Waals surface area (Å²) >= 11 is 0. The third-order valence-corrected chi connectivity index (χ3v) is 4.15. The van der Waals surface area contributed by atoms with Gasteiger partial charge in [0, 0.05) is 12.6 Å². The van der Waals surface area contributed by atoms with Crippen LogP contribution in [0, 0.1) is 11.7 Å². The van der Waals surface area contributed by atoms with E-state index in [4.69, 9.17) is 0 Å². The van der Waals surface area contributed by atoms with Gasteiger partial charge in [-0.05, 0) is 43.4 Å². The van der Waals surface area contributed by atoms with Crippen LogP contribution in [0.15, 0.2) is 24.3 Å². The molecule has 0 saturated heterocycles. The highest BCUT2D eigenvalue weighted by Gasteiger charge is 2.18. The first-order valence-electron chi connectivity index (χ1n) is 7.23. The Kier molecular flexibility index (Phi) is 5.18. The van der Waals surface area contributed by atoms with Crippen LogP contribution in [0.4, 0.5) is 4.39 Å². The molecule has 0 heterocycles. The van der Waals surface area contributed by atoms with Crippen LogP contribution in [0.1, 0.15) is 51.0 Å². The van der Waals surface area contributed by atoms with Gasteiger partial charge in [-0.1, -0.05) is 37.8 Å². The topological polar surface area (TPSA) is 12.0 Å². The minimum atomic E-state index is -0.157. The summed E-state index contributed by atoms with van der Waals surface area (Å²) < 4.78 is 12.8. The molecule has 1 fully saturated rings. The van der Waals surface area contributed by atoms with Crippen molar-refractivity contribution in [1.29, 1.82) is 0 Å². The number of benzene rings is 1. The van der Waals surface area contributed by atoms with Crippen molar-refractivity contribution < 1.29 is 4.39 Å². The minimum absolute atomic E-state index is 0.157. The molecule has 0 unspecified atom stereocenters. The highest BCUT2D eigenvalue weighted by molar-refractivity contribution is 5.15. The maximum Gasteiger partial charge on any atom is 0.123 e. The smallest absolute Gasteiger partial charge is 0.123 e. The number of hydrogen-bond acceptors (Lipinski definition) is 1. The van der Waals surface area contributed by atoms with Gasteiger partial charge in [0.25, 0.3) is 0 Å². The van der Waals surface area contributed by atoms with E-state index in [9.17, 15) is 4.39 Å². The van der Waals surface area contributed by atoms with Gasteiger partial charge in [-0.25, -0.2) is 4.39 Å². The van der Waals surface area contributed by atoms with Crippen LogP contribution < -0.4 is 5.32 Å². The van der Waals surface area contributed by atoms with Gasteiger partial charge in [0.1, 0.15) is 5.82 Å². The lowest BCUT2D eigenvalue weighted by Gasteiger charge is -2.23. The molecular formula is C16H24FN. The molecule has 18 heavy (non-hydrogen) atoms. The third kappa shape index (κ3) is 4.09. The third-order valence-electron chi connectivity index (χ3n) is 4.15. The fourth-order valence-corrected chi connectivity index (χ4v) is 2.86. The SMILES string of the molecule is C[C@H](NCc1ccc(F)cc1)C1CCCCCC1. The number of hydrogen-bond donors (Lipinski definition) is 1. The molecule has 1 N–H and O–H groups in total. The van der Waals surface area contributed by atoms with E-state index in [2.05, 4.69) is 12.2 Å². The molecule has 1 aromatic rings. The van der Waals surface area contributed by atoms with Gasteiger partial charge in [0.05, 0.1) is 0 Å². The first-order chi connectivity index (χ1) is 8.75. The molecule has 0 aliphatic heterocycles. The highest BCUT2D eigenvalue weighted by atomic mass is 19.1. The van der Waals surface area contributed by atoms with Gasteiger partial charge in [0.15, 0.2) is 0 Å². The summed E-state index contributed by atoms with van der Waals surface area (Å²) in [6.07, 6.45) is 8.29. The van der Waals surface area contributed by atoms with E-state index >= 15 is 0 Å². The van der Waals surface area contributed by atoms with Crippen molar-refractivity contribution in [3.05, 3.63) is 35.6 Å². The second-order valence-corrected chi connectivity index (χ2v) is 5.55. The molecule has 0 amide bonds. The summed E-state index contributed by atoms with van der Waals surface area (Å²) in [4.78, 5) is 0. The Morgan fingerprint density at radius 1 is 1.11 bits per heavy atom. The molecular weight excluding hydrogens is 225 g/mol. The van der Waals surface area contributed by atoms with E-state index in [1.54, 1.807) is 0 Å². The van der Waals surface area contributed by atoms with Crippen molar-refractivity contribution in [2.75, 3.05) is 0 Å². The first kappa shape index (κ1) is 13.5. The van der Waals surface area contributed by atoms with Gasteiger partial charge in [-0.3, -0.25) is 0 Å². The molecule has 0 spiro atoms. The molecule has 0 aromatic heterocycles. The number of rotatable bonds is 4. The zero-order chi connectivity index (χ0) is 12.8. The maximum atomic E-state index is 12.8. The van der Waals surface area contributed by atoms with Crippen molar-refractivity contribution in [3.8, 4) is 0 Å². The Labute approximate surface area is 110 Å². The van der Waals surface area contributed by atoms with E-state index in [1.807, 2.05) is 12.1 Å². The predicted octanol–water partition coefficient (Wildman–Crippen LogP) is 4.27. The standard InChI is InChI=1S/C16H24FN/c1-13(15-6-4-2-3-5-7-15)18-12-14-8-10-16(17)11-9-14/h8-11,13,15,18H,2-7,12H2,1H3/t13-/m0/s1. The summed E-state index contributed by atoms with van der Waals surface area (Å²) in [5.74, 6) is 0.656. The minimum Gasteiger partial charge on any atom is -0.310 e. The van der Waals surface area contributed by atoms with Crippen LogP contribution in [0.3, 0.4) is 0 Å². The van der Waals surface area contributed by atoms with Crippen molar-refractivity contribution in [1.82, 2.24) is 5.32 Å². The van der Waals surface area contributed by atoms with E-state index in [-0.39, 0.29) is 5.82 Å². The number of halogens is 1. The van der Waals surface area contributed by atoms with Crippen molar-refractivity contribution >= 4 is 0 Å². The average molecular weight is 249 g/mol. The summed E-state index contributed by atoms with van der Waals surface area (Å²) in [7, 11) is 0. The second kappa shape index (κ2) is 6.89. The van der Waals surface area contributed by atoms with E-state index in [0.29, 0.717) is 6.04 Å². The van der Waals surface area contributed by atoms with Gasteiger partial charge in [-0.15, -0.1) is 0 Å². The Hall–Kier alpha value is -0.890. The predicted molar refractivity (Wildman–Crippen MR) is 73.9 cm³/mol. The van der Waals surface area contributed by atoms with Gasteiger partial charge >= 0.3 is 0 Å². The molecule has 100 valence electrons. The monoisotopic (exact) mass is 249 g/mol. The summed E-state index contributed by atoms with van der Waals surface area (Å²) in [5, 5.41) is 3.59. The molecule has 1 saturated carbocycles. The molecule has 1 aliphatic carbocycles. The molecule has 0 bridgehead atoms. The maximum absolute atomic E-state index is 12.8. The first-order valence-corrected chi connectivity index (χ1v) is 7.23. The fraction of sp³-hybridized carbons (Fsp3) is 0.625. The van der Waals surface area contributed by atoms with Crippen LogP contribution in [0.25, 0.3) is 0 Å². The number of nitrogens with one attached hydrogen (secondary N) is 1. The van der Waals surface area contributed by atoms with Crippen molar-refractivity contribution in [2.24, 2.45) is 5.92 Å².